The largest absolute Gasteiger partial charge is 0.0817 e. The summed E-state index contributed by atoms with van der Waals surface area (Å²) in [6.07, 6.45) is 10.3. The normalized spacial score (nSPS) is 14.1. The Morgan fingerprint density at radius 3 is 2.39 bits per heavy atom. The molecule has 98 valence electrons. The monoisotopic (exact) mass is 242 g/mol. The summed E-state index contributed by atoms with van der Waals surface area (Å²) < 4.78 is 0. The lowest BCUT2D eigenvalue weighted by Gasteiger charge is -2.03. The van der Waals surface area contributed by atoms with Crippen LogP contribution in [0.4, 0.5) is 0 Å². The molecular formula is C18H26. The molecule has 0 nitrogen and oxygen atoms in total. The summed E-state index contributed by atoms with van der Waals surface area (Å²) in [6.45, 7) is 8.87. The number of benzene rings is 1. The summed E-state index contributed by atoms with van der Waals surface area (Å²) in [5, 5.41) is 0. The molecule has 0 saturated heterocycles. The zero-order valence-corrected chi connectivity index (χ0v) is 12.2. The van der Waals surface area contributed by atoms with Gasteiger partial charge in [-0.25, -0.2) is 0 Å². The molecule has 0 radical (unpaired) electrons. The average Bonchev–Trinajstić information content (AvgIpc) is 2.39. The van der Waals surface area contributed by atoms with E-state index in [1.54, 1.807) is 0 Å². The molecule has 1 rings (SSSR count). The Kier molecular flexibility index (Phi) is 6.49. The van der Waals surface area contributed by atoms with Gasteiger partial charge >= 0.3 is 0 Å². The van der Waals surface area contributed by atoms with Crippen molar-refractivity contribution < 1.29 is 0 Å². The fourth-order valence-electron chi connectivity index (χ4n) is 1.84. The minimum absolute atomic E-state index is 0.668. The second kappa shape index (κ2) is 7.92. The van der Waals surface area contributed by atoms with Crippen molar-refractivity contribution in [2.75, 3.05) is 0 Å². The fourth-order valence-corrected chi connectivity index (χ4v) is 1.84. The molecule has 0 aromatic heterocycles. The number of rotatable bonds is 6. The van der Waals surface area contributed by atoms with Crippen molar-refractivity contribution in [1.29, 1.82) is 0 Å². The van der Waals surface area contributed by atoms with Crippen LogP contribution in [-0.2, 0) is 6.42 Å². The molecular weight excluding hydrogens is 216 g/mol. The maximum Gasteiger partial charge on any atom is -0.0227 e. The van der Waals surface area contributed by atoms with Crippen LogP contribution in [0.1, 0.15) is 51.7 Å². The fraction of sp³-hybridized carbons (Fsp3) is 0.444. The van der Waals surface area contributed by atoms with Gasteiger partial charge < -0.3 is 0 Å². The molecule has 0 bridgehead atoms. The van der Waals surface area contributed by atoms with Crippen molar-refractivity contribution in [1.82, 2.24) is 0 Å². The van der Waals surface area contributed by atoms with Gasteiger partial charge in [0.25, 0.3) is 0 Å². The Balaban J connectivity index is 2.68. The lowest BCUT2D eigenvalue weighted by Crippen LogP contribution is -1.85. The highest BCUT2D eigenvalue weighted by Gasteiger charge is 1.96. The molecule has 1 unspecified atom stereocenters. The molecule has 0 aliphatic carbocycles. The van der Waals surface area contributed by atoms with E-state index in [1.165, 1.54) is 36.0 Å². The minimum Gasteiger partial charge on any atom is -0.0817 e. The number of allylic oxidation sites excluding steroid dienone is 4. The molecule has 0 N–H and O–H groups in total. The maximum atomic E-state index is 2.27. The van der Waals surface area contributed by atoms with Crippen molar-refractivity contribution in [3.8, 4) is 0 Å². The lowest BCUT2D eigenvalue weighted by atomic mass is 10.0. The van der Waals surface area contributed by atoms with E-state index in [0.717, 1.165) is 0 Å². The Morgan fingerprint density at radius 1 is 1.17 bits per heavy atom. The van der Waals surface area contributed by atoms with Gasteiger partial charge in [0.05, 0.1) is 0 Å². The van der Waals surface area contributed by atoms with E-state index < -0.39 is 0 Å². The first kappa shape index (κ1) is 14.8. The highest BCUT2D eigenvalue weighted by Crippen LogP contribution is 2.16. The SMILES string of the molecule is CCCc1ccc(/C(C)=C/C=C\C(C)CC)cc1. The molecule has 0 heterocycles. The van der Waals surface area contributed by atoms with Gasteiger partial charge in [0, 0.05) is 0 Å². The summed E-state index contributed by atoms with van der Waals surface area (Å²) in [6, 6.07) is 8.95. The van der Waals surface area contributed by atoms with E-state index in [1.807, 2.05) is 0 Å². The molecule has 0 fully saturated rings. The van der Waals surface area contributed by atoms with Crippen molar-refractivity contribution in [3.63, 3.8) is 0 Å². The van der Waals surface area contributed by atoms with Crippen LogP contribution in [0.3, 0.4) is 0 Å². The predicted octanol–water partition coefficient (Wildman–Crippen LogP) is 5.64. The molecule has 0 spiro atoms. The van der Waals surface area contributed by atoms with Crippen molar-refractivity contribution >= 4 is 5.57 Å². The molecule has 0 aliphatic rings. The first-order valence-corrected chi connectivity index (χ1v) is 7.11. The second-order valence-corrected chi connectivity index (χ2v) is 5.07. The molecule has 0 amide bonds. The van der Waals surface area contributed by atoms with Crippen molar-refractivity contribution in [3.05, 3.63) is 53.6 Å². The summed E-state index contributed by atoms with van der Waals surface area (Å²) in [5.41, 5.74) is 4.09. The molecule has 1 atom stereocenters. The van der Waals surface area contributed by atoms with E-state index in [9.17, 15) is 0 Å². The predicted molar refractivity (Wildman–Crippen MR) is 82.7 cm³/mol. The third-order valence-corrected chi connectivity index (χ3v) is 3.38. The summed E-state index contributed by atoms with van der Waals surface area (Å²) in [4.78, 5) is 0. The quantitative estimate of drug-likeness (QED) is 0.566. The zero-order valence-electron chi connectivity index (χ0n) is 12.2. The molecule has 0 heteroatoms. The zero-order chi connectivity index (χ0) is 13.4. The van der Waals surface area contributed by atoms with E-state index in [4.69, 9.17) is 0 Å². The summed E-state index contributed by atoms with van der Waals surface area (Å²) >= 11 is 0. The number of aryl methyl sites for hydroxylation is 1. The third-order valence-electron chi connectivity index (χ3n) is 3.38. The van der Waals surface area contributed by atoms with Crippen LogP contribution >= 0.6 is 0 Å². The van der Waals surface area contributed by atoms with Crippen molar-refractivity contribution in [2.45, 2.75) is 47.0 Å². The van der Waals surface area contributed by atoms with Gasteiger partial charge in [-0.2, -0.15) is 0 Å². The van der Waals surface area contributed by atoms with Crippen LogP contribution in [0, 0.1) is 5.92 Å². The van der Waals surface area contributed by atoms with Gasteiger partial charge in [-0.3, -0.25) is 0 Å². The molecule has 18 heavy (non-hydrogen) atoms. The van der Waals surface area contributed by atoms with Crippen molar-refractivity contribution in [2.24, 2.45) is 5.92 Å². The number of hydrogen-bond donors (Lipinski definition) is 0. The molecule has 1 aromatic rings. The highest BCUT2D eigenvalue weighted by atomic mass is 14.0. The average molecular weight is 242 g/mol. The van der Waals surface area contributed by atoms with E-state index in [-0.39, 0.29) is 0 Å². The van der Waals surface area contributed by atoms with Gasteiger partial charge in [-0.05, 0) is 36.0 Å². The Labute approximate surface area is 112 Å². The second-order valence-electron chi connectivity index (χ2n) is 5.07. The standard InChI is InChI=1S/C18H26/c1-5-8-17-11-13-18(14-12-17)16(4)10-7-9-15(3)6-2/h7,9-15H,5-6,8H2,1-4H3/b9-7-,16-10+. The van der Waals surface area contributed by atoms with Crippen LogP contribution in [0.15, 0.2) is 42.5 Å². The molecule has 1 aromatic carbocycles. The van der Waals surface area contributed by atoms with Gasteiger partial charge in [-0.1, -0.05) is 76.1 Å². The summed E-state index contributed by atoms with van der Waals surface area (Å²) in [5.74, 6) is 0.668. The Bertz CT molecular complexity index is 393. The minimum atomic E-state index is 0.668. The van der Waals surface area contributed by atoms with Gasteiger partial charge in [0.2, 0.25) is 0 Å². The van der Waals surface area contributed by atoms with Crippen LogP contribution in [0.2, 0.25) is 0 Å². The van der Waals surface area contributed by atoms with Crippen LogP contribution in [0.5, 0.6) is 0 Å². The molecule has 0 aliphatic heterocycles. The lowest BCUT2D eigenvalue weighted by molar-refractivity contribution is 0.698. The van der Waals surface area contributed by atoms with Crippen LogP contribution in [0.25, 0.3) is 5.57 Å². The van der Waals surface area contributed by atoms with Crippen LogP contribution in [-0.4, -0.2) is 0 Å². The molecule has 0 saturated carbocycles. The highest BCUT2D eigenvalue weighted by molar-refractivity contribution is 5.65. The topological polar surface area (TPSA) is 0 Å². The summed E-state index contributed by atoms with van der Waals surface area (Å²) in [7, 11) is 0. The Hall–Kier alpha value is -1.30. The van der Waals surface area contributed by atoms with Gasteiger partial charge in [0.15, 0.2) is 0 Å². The maximum absolute atomic E-state index is 2.27. The van der Waals surface area contributed by atoms with Gasteiger partial charge in [-0.15, -0.1) is 0 Å². The van der Waals surface area contributed by atoms with Crippen LogP contribution < -0.4 is 0 Å². The van der Waals surface area contributed by atoms with Gasteiger partial charge in [0.1, 0.15) is 0 Å². The third kappa shape index (κ3) is 4.91. The smallest absolute Gasteiger partial charge is 0.0227 e. The van der Waals surface area contributed by atoms with E-state index in [2.05, 4.69) is 70.2 Å². The number of hydrogen-bond acceptors (Lipinski definition) is 0. The van der Waals surface area contributed by atoms with E-state index >= 15 is 0 Å². The Morgan fingerprint density at radius 2 is 1.83 bits per heavy atom. The first-order valence-electron chi connectivity index (χ1n) is 7.11. The van der Waals surface area contributed by atoms with E-state index in [0.29, 0.717) is 5.92 Å². The first-order chi connectivity index (χ1) is 8.67.